The molecule has 3 N–H and O–H groups in total. The molecular formula is C24H19N5O. The molecule has 1 aromatic carbocycles. The second kappa shape index (κ2) is 7.33. The van der Waals surface area contributed by atoms with Crippen LogP contribution in [0.25, 0.3) is 50.4 Å². The molecule has 0 spiro atoms. The molecule has 0 saturated heterocycles. The van der Waals surface area contributed by atoms with Gasteiger partial charge in [0.1, 0.15) is 11.3 Å². The van der Waals surface area contributed by atoms with E-state index in [1.165, 1.54) is 6.08 Å². The van der Waals surface area contributed by atoms with Crippen molar-refractivity contribution in [1.29, 1.82) is 0 Å². The zero-order valence-corrected chi connectivity index (χ0v) is 16.3. The summed E-state index contributed by atoms with van der Waals surface area (Å²) in [7, 11) is 1.61. The number of likely N-dealkylation sites (N-methyl/N-ethyl adjacent to an activating group) is 1. The van der Waals surface area contributed by atoms with Crippen molar-refractivity contribution >= 4 is 34.1 Å². The zero-order valence-electron chi connectivity index (χ0n) is 16.3. The van der Waals surface area contributed by atoms with Gasteiger partial charge >= 0.3 is 0 Å². The molecule has 4 aromatic heterocycles. The molecular weight excluding hydrogens is 374 g/mol. The van der Waals surface area contributed by atoms with E-state index in [4.69, 9.17) is 0 Å². The smallest absolute Gasteiger partial charge is 0.243 e. The monoisotopic (exact) mass is 393 g/mol. The molecule has 0 aliphatic heterocycles. The van der Waals surface area contributed by atoms with Crippen molar-refractivity contribution in [1.82, 2.24) is 25.3 Å². The van der Waals surface area contributed by atoms with Crippen molar-refractivity contribution in [2.45, 2.75) is 0 Å². The minimum atomic E-state index is -0.131. The van der Waals surface area contributed by atoms with Crippen molar-refractivity contribution in [3.8, 4) is 22.3 Å². The maximum Gasteiger partial charge on any atom is 0.243 e. The summed E-state index contributed by atoms with van der Waals surface area (Å²) < 4.78 is 0. The van der Waals surface area contributed by atoms with Crippen LogP contribution in [0.2, 0.25) is 0 Å². The Morgan fingerprint density at radius 2 is 1.87 bits per heavy atom. The van der Waals surface area contributed by atoms with Gasteiger partial charge in [0.2, 0.25) is 5.91 Å². The number of pyridine rings is 2. The molecule has 0 atom stereocenters. The highest BCUT2D eigenvalue weighted by Gasteiger charge is 2.12. The van der Waals surface area contributed by atoms with E-state index >= 15 is 0 Å². The van der Waals surface area contributed by atoms with Gasteiger partial charge in [0.25, 0.3) is 0 Å². The fourth-order valence-corrected chi connectivity index (χ4v) is 3.66. The van der Waals surface area contributed by atoms with Crippen molar-refractivity contribution in [3.05, 3.63) is 78.9 Å². The van der Waals surface area contributed by atoms with E-state index in [1.54, 1.807) is 13.1 Å². The number of nitrogens with zero attached hydrogens (tertiary/aromatic N) is 2. The lowest BCUT2D eigenvalue weighted by atomic mass is 10.00. The molecule has 0 fully saturated rings. The van der Waals surface area contributed by atoms with Gasteiger partial charge < -0.3 is 15.3 Å². The van der Waals surface area contributed by atoms with E-state index in [-0.39, 0.29) is 5.91 Å². The maximum absolute atomic E-state index is 11.5. The number of nitrogens with one attached hydrogen (secondary N) is 3. The third-order valence-electron chi connectivity index (χ3n) is 5.17. The highest BCUT2D eigenvalue weighted by atomic mass is 16.1. The summed E-state index contributed by atoms with van der Waals surface area (Å²) in [4.78, 5) is 26.9. The molecule has 0 aliphatic carbocycles. The zero-order chi connectivity index (χ0) is 20.5. The van der Waals surface area contributed by atoms with E-state index < -0.39 is 0 Å². The van der Waals surface area contributed by atoms with Crippen LogP contribution in [0.15, 0.2) is 73.3 Å². The Hall–Kier alpha value is -4.19. The summed E-state index contributed by atoms with van der Waals surface area (Å²) in [5.41, 5.74) is 6.89. The van der Waals surface area contributed by atoms with Gasteiger partial charge in [0.15, 0.2) is 0 Å². The number of benzene rings is 1. The summed E-state index contributed by atoms with van der Waals surface area (Å²) >= 11 is 0. The first-order valence-corrected chi connectivity index (χ1v) is 9.63. The Morgan fingerprint density at radius 1 is 0.967 bits per heavy atom. The summed E-state index contributed by atoms with van der Waals surface area (Å²) in [5, 5.41) is 4.71. The Labute approximate surface area is 172 Å². The second-order valence-corrected chi connectivity index (χ2v) is 6.99. The molecule has 0 aliphatic rings. The predicted molar refractivity (Wildman–Crippen MR) is 120 cm³/mol. The first kappa shape index (κ1) is 17.9. The Kier molecular flexibility index (Phi) is 4.37. The van der Waals surface area contributed by atoms with Crippen LogP contribution in [-0.2, 0) is 4.79 Å². The molecule has 5 rings (SSSR count). The normalized spacial score (nSPS) is 11.5. The minimum absolute atomic E-state index is 0.131. The molecule has 6 heteroatoms. The van der Waals surface area contributed by atoms with E-state index in [1.807, 2.05) is 61.2 Å². The quantitative estimate of drug-likeness (QED) is 0.392. The highest BCUT2D eigenvalue weighted by Crippen LogP contribution is 2.34. The molecule has 1 amide bonds. The predicted octanol–water partition coefficient (Wildman–Crippen LogP) is 4.53. The van der Waals surface area contributed by atoms with Gasteiger partial charge in [-0.05, 0) is 47.0 Å². The van der Waals surface area contributed by atoms with Crippen LogP contribution in [0, 0.1) is 0 Å². The van der Waals surface area contributed by atoms with Gasteiger partial charge in [0.05, 0.1) is 0 Å². The molecule has 5 aromatic rings. The van der Waals surface area contributed by atoms with Gasteiger partial charge in [-0.3, -0.25) is 4.79 Å². The molecule has 30 heavy (non-hydrogen) atoms. The van der Waals surface area contributed by atoms with E-state index in [9.17, 15) is 4.79 Å². The lowest BCUT2D eigenvalue weighted by molar-refractivity contribution is -0.115. The molecule has 0 unspecified atom stereocenters. The van der Waals surface area contributed by atoms with Gasteiger partial charge in [-0.25, -0.2) is 9.97 Å². The SMILES string of the molecule is CNC(=O)/C=C/c1cccc(-c2cnc3[nH]cc(-c4ccnc5[nH]ccc45)c3c2)c1. The first-order chi connectivity index (χ1) is 14.7. The van der Waals surface area contributed by atoms with E-state index in [0.29, 0.717) is 0 Å². The van der Waals surface area contributed by atoms with Crippen LogP contribution < -0.4 is 5.32 Å². The van der Waals surface area contributed by atoms with Crippen LogP contribution in [0.1, 0.15) is 5.56 Å². The number of H-pyrrole nitrogens is 2. The Balaban J connectivity index is 1.59. The number of hydrogen-bond donors (Lipinski definition) is 3. The van der Waals surface area contributed by atoms with Gasteiger partial charge in [-0.2, -0.15) is 0 Å². The first-order valence-electron chi connectivity index (χ1n) is 9.63. The average molecular weight is 393 g/mol. The maximum atomic E-state index is 11.5. The number of fused-ring (bicyclic) bond motifs is 2. The Bertz CT molecular complexity index is 1410. The molecule has 4 heterocycles. The summed E-state index contributed by atoms with van der Waals surface area (Å²) in [6.45, 7) is 0. The topological polar surface area (TPSA) is 86.5 Å². The Morgan fingerprint density at radius 3 is 2.77 bits per heavy atom. The molecule has 0 bridgehead atoms. The van der Waals surface area contributed by atoms with Crippen LogP contribution in [0.4, 0.5) is 0 Å². The largest absolute Gasteiger partial charge is 0.356 e. The number of carbonyl (C=O) groups excluding carboxylic acids is 1. The lowest BCUT2D eigenvalue weighted by Crippen LogP contribution is -2.13. The van der Waals surface area contributed by atoms with Crippen molar-refractivity contribution < 1.29 is 4.79 Å². The number of carbonyl (C=O) groups is 1. The van der Waals surface area contributed by atoms with Gasteiger partial charge in [0, 0.05) is 59.8 Å². The summed E-state index contributed by atoms with van der Waals surface area (Å²) in [6, 6.07) is 14.2. The van der Waals surface area contributed by atoms with Gasteiger partial charge in [-0.15, -0.1) is 0 Å². The fraction of sp³-hybridized carbons (Fsp3) is 0.0417. The summed E-state index contributed by atoms with van der Waals surface area (Å²) in [5.74, 6) is -0.131. The van der Waals surface area contributed by atoms with E-state index in [2.05, 4.69) is 31.3 Å². The number of aromatic amines is 2. The third-order valence-corrected chi connectivity index (χ3v) is 5.17. The number of hydrogen-bond acceptors (Lipinski definition) is 3. The molecule has 146 valence electrons. The molecule has 0 radical (unpaired) electrons. The fourth-order valence-electron chi connectivity index (χ4n) is 3.66. The number of amides is 1. The van der Waals surface area contributed by atoms with Crippen LogP contribution in [-0.4, -0.2) is 32.9 Å². The van der Waals surface area contributed by atoms with Crippen LogP contribution in [0.5, 0.6) is 0 Å². The van der Waals surface area contributed by atoms with Crippen LogP contribution in [0.3, 0.4) is 0 Å². The van der Waals surface area contributed by atoms with Crippen molar-refractivity contribution in [2.24, 2.45) is 0 Å². The van der Waals surface area contributed by atoms with Crippen molar-refractivity contribution in [3.63, 3.8) is 0 Å². The standard InChI is InChI=1S/C24H19N5O/c1-25-22(30)6-5-15-3-2-4-16(11-15)17-12-20-21(14-29-24(20)28-13-17)18-7-9-26-23-19(18)8-10-27-23/h2-14H,1H3,(H,25,30)(H,26,27)(H,28,29)/b6-5+. The molecule has 6 nitrogen and oxygen atoms in total. The average Bonchev–Trinajstić information content (AvgIpc) is 3.44. The molecule has 0 saturated carbocycles. The van der Waals surface area contributed by atoms with E-state index in [0.717, 1.165) is 49.9 Å². The summed E-state index contributed by atoms with van der Waals surface area (Å²) in [6.07, 6.45) is 10.9. The number of aromatic nitrogens is 4. The highest BCUT2D eigenvalue weighted by molar-refractivity contribution is 6.03. The van der Waals surface area contributed by atoms with Crippen LogP contribution >= 0.6 is 0 Å². The lowest BCUT2D eigenvalue weighted by Gasteiger charge is -2.05. The second-order valence-electron chi connectivity index (χ2n) is 6.99. The number of rotatable bonds is 4. The van der Waals surface area contributed by atoms with Gasteiger partial charge in [-0.1, -0.05) is 18.2 Å². The van der Waals surface area contributed by atoms with Crippen molar-refractivity contribution in [2.75, 3.05) is 7.05 Å². The minimum Gasteiger partial charge on any atom is -0.356 e. The third kappa shape index (κ3) is 3.14.